The van der Waals surface area contributed by atoms with Gasteiger partial charge in [-0.3, -0.25) is 4.79 Å². The van der Waals surface area contributed by atoms with Crippen LogP contribution in [0, 0.1) is 5.92 Å². The van der Waals surface area contributed by atoms with Gasteiger partial charge in [-0.2, -0.15) is 0 Å². The molecule has 18 heavy (non-hydrogen) atoms. The third-order valence-electron chi connectivity index (χ3n) is 2.63. The van der Waals surface area contributed by atoms with Crippen LogP contribution in [0.1, 0.15) is 49.2 Å². The van der Waals surface area contributed by atoms with Crippen LogP contribution in [0.3, 0.4) is 0 Å². The summed E-state index contributed by atoms with van der Waals surface area (Å²) in [6.07, 6.45) is 0.498. The summed E-state index contributed by atoms with van der Waals surface area (Å²) < 4.78 is 0. The lowest BCUT2D eigenvalue weighted by Crippen LogP contribution is -2.27. The van der Waals surface area contributed by atoms with Crippen molar-refractivity contribution in [3.63, 3.8) is 0 Å². The van der Waals surface area contributed by atoms with Gasteiger partial charge in [0.15, 0.2) is 0 Å². The fraction of sp³-hybridized carbons (Fsp3) is 0.429. The minimum atomic E-state index is -0.946. The smallest absolute Gasteiger partial charge is 0.335 e. The van der Waals surface area contributed by atoms with Crippen LogP contribution in [0.4, 0.5) is 0 Å². The first kappa shape index (κ1) is 14.2. The third-order valence-corrected chi connectivity index (χ3v) is 2.63. The highest BCUT2D eigenvalue weighted by Gasteiger charge is 2.11. The molecule has 0 spiro atoms. The van der Waals surface area contributed by atoms with E-state index < -0.39 is 5.97 Å². The van der Waals surface area contributed by atoms with Crippen LogP contribution in [0.2, 0.25) is 0 Å². The van der Waals surface area contributed by atoms with Crippen molar-refractivity contribution in [2.45, 2.75) is 33.2 Å². The molecule has 0 saturated heterocycles. The van der Waals surface area contributed by atoms with Gasteiger partial charge < -0.3 is 10.4 Å². The summed E-state index contributed by atoms with van der Waals surface area (Å²) in [5, 5.41) is 11.7. The maximum atomic E-state index is 11.6. The molecule has 0 bridgehead atoms. The second-order valence-electron chi connectivity index (χ2n) is 4.81. The summed E-state index contributed by atoms with van der Waals surface area (Å²) in [7, 11) is 0. The Kier molecular flexibility index (Phi) is 4.89. The number of rotatable bonds is 5. The molecule has 2 N–H and O–H groups in total. The SMILES string of the molecule is CC(C)CC(=O)NC(C)c1ccc(C(=O)O)cc1. The quantitative estimate of drug-likeness (QED) is 0.843. The number of carbonyl (C=O) groups excluding carboxylic acids is 1. The van der Waals surface area contributed by atoms with Gasteiger partial charge in [0, 0.05) is 6.42 Å². The lowest BCUT2D eigenvalue weighted by Gasteiger charge is -2.15. The highest BCUT2D eigenvalue weighted by molar-refractivity contribution is 5.87. The zero-order chi connectivity index (χ0) is 13.7. The van der Waals surface area contributed by atoms with E-state index in [0.29, 0.717) is 12.3 Å². The molecule has 1 aromatic rings. The standard InChI is InChI=1S/C14H19NO3/c1-9(2)8-13(16)15-10(3)11-4-6-12(7-5-11)14(17)18/h4-7,9-10H,8H2,1-3H3,(H,15,16)(H,17,18). The molecule has 0 saturated carbocycles. The van der Waals surface area contributed by atoms with Crippen LogP contribution < -0.4 is 5.32 Å². The monoisotopic (exact) mass is 249 g/mol. The molecule has 0 aromatic heterocycles. The maximum Gasteiger partial charge on any atom is 0.335 e. The molecule has 0 fully saturated rings. The third kappa shape index (κ3) is 4.20. The van der Waals surface area contributed by atoms with Crippen LogP contribution >= 0.6 is 0 Å². The summed E-state index contributed by atoms with van der Waals surface area (Å²) >= 11 is 0. The van der Waals surface area contributed by atoms with Crippen LogP contribution in [-0.4, -0.2) is 17.0 Å². The number of hydrogen-bond acceptors (Lipinski definition) is 2. The second kappa shape index (κ2) is 6.19. The van der Waals surface area contributed by atoms with E-state index in [1.807, 2.05) is 20.8 Å². The molecule has 1 atom stereocenters. The molecular formula is C14H19NO3. The van der Waals surface area contributed by atoms with Gasteiger partial charge in [-0.25, -0.2) is 4.79 Å². The van der Waals surface area contributed by atoms with Gasteiger partial charge >= 0.3 is 5.97 Å². The minimum Gasteiger partial charge on any atom is -0.478 e. The average molecular weight is 249 g/mol. The van der Waals surface area contributed by atoms with Crippen molar-refractivity contribution in [2.75, 3.05) is 0 Å². The van der Waals surface area contributed by atoms with Crippen molar-refractivity contribution in [3.05, 3.63) is 35.4 Å². The topological polar surface area (TPSA) is 66.4 Å². The van der Waals surface area contributed by atoms with Gasteiger partial charge in [-0.1, -0.05) is 26.0 Å². The molecule has 0 radical (unpaired) electrons. The van der Waals surface area contributed by atoms with E-state index >= 15 is 0 Å². The number of aromatic carboxylic acids is 1. The summed E-state index contributed by atoms with van der Waals surface area (Å²) in [4.78, 5) is 22.3. The number of nitrogens with one attached hydrogen (secondary N) is 1. The molecule has 1 unspecified atom stereocenters. The normalized spacial score (nSPS) is 12.2. The van der Waals surface area contributed by atoms with Crippen LogP contribution in [-0.2, 0) is 4.79 Å². The maximum absolute atomic E-state index is 11.6. The molecule has 0 aliphatic carbocycles. The van der Waals surface area contributed by atoms with E-state index in [2.05, 4.69) is 5.32 Å². The summed E-state index contributed by atoms with van der Waals surface area (Å²) in [5.74, 6) is -0.607. The zero-order valence-corrected chi connectivity index (χ0v) is 10.9. The Morgan fingerprint density at radius 3 is 2.17 bits per heavy atom. The van der Waals surface area contributed by atoms with E-state index in [9.17, 15) is 9.59 Å². The summed E-state index contributed by atoms with van der Waals surface area (Å²) in [5.41, 5.74) is 1.15. The Hall–Kier alpha value is -1.84. The molecule has 0 aliphatic rings. The van der Waals surface area contributed by atoms with Crippen molar-refractivity contribution in [1.29, 1.82) is 0 Å². The number of amides is 1. The number of carboxylic acid groups (broad SMARTS) is 1. The van der Waals surface area contributed by atoms with E-state index in [0.717, 1.165) is 5.56 Å². The van der Waals surface area contributed by atoms with Gasteiger partial charge in [0.1, 0.15) is 0 Å². The number of carbonyl (C=O) groups is 2. The van der Waals surface area contributed by atoms with Gasteiger partial charge in [0.05, 0.1) is 11.6 Å². The van der Waals surface area contributed by atoms with Crippen molar-refractivity contribution in [2.24, 2.45) is 5.92 Å². The first-order valence-electron chi connectivity index (χ1n) is 6.02. The largest absolute Gasteiger partial charge is 0.478 e. The Labute approximate surface area is 107 Å². The van der Waals surface area contributed by atoms with Gasteiger partial charge in [0.2, 0.25) is 5.91 Å². The van der Waals surface area contributed by atoms with Crippen molar-refractivity contribution in [1.82, 2.24) is 5.32 Å². The Morgan fingerprint density at radius 1 is 1.17 bits per heavy atom. The van der Waals surface area contributed by atoms with Crippen molar-refractivity contribution in [3.8, 4) is 0 Å². The van der Waals surface area contributed by atoms with E-state index in [-0.39, 0.29) is 17.5 Å². The van der Waals surface area contributed by atoms with Crippen LogP contribution in [0.15, 0.2) is 24.3 Å². The van der Waals surface area contributed by atoms with Gasteiger partial charge in [0.25, 0.3) is 0 Å². The Bertz CT molecular complexity index is 423. The predicted molar refractivity (Wildman–Crippen MR) is 69.4 cm³/mol. The molecule has 1 aromatic carbocycles. The molecule has 1 amide bonds. The number of carboxylic acids is 1. The Balaban J connectivity index is 2.64. The number of hydrogen-bond donors (Lipinski definition) is 2. The first-order valence-corrected chi connectivity index (χ1v) is 6.02. The highest BCUT2D eigenvalue weighted by atomic mass is 16.4. The summed E-state index contributed by atoms with van der Waals surface area (Å²) in [6.45, 7) is 5.87. The van der Waals surface area contributed by atoms with Crippen LogP contribution in [0.5, 0.6) is 0 Å². The Morgan fingerprint density at radius 2 is 1.72 bits per heavy atom. The van der Waals surface area contributed by atoms with Crippen molar-refractivity contribution < 1.29 is 14.7 Å². The average Bonchev–Trinajstić information content (AvgIpc) is 2.27. The second-order valence-corrected chi connectivity index (χ2v) is 4.81. The fourth-order valence-corrected chi connectivity index (χ4v) is 1.67. The van der Waals surface area contributed by atoms with Crippen LogP contribution in [0.25, 0.3) is 0 Å². The van der Waals surface area contributed by atoms with Gasteiger partial charge in [-0.15, -0.1) is 0 Å². The van der Waals surface area contributed by atoms with Gasteiger partial charge in [-0.05, 0) is 30.5 Å². The molecule has 4 nitrogen and oxygen atoms in total. The molecule has 1 rings (SSSR count). The van der Waals surface area contributed by atoms with E-state index in [1.54, 1.807) is 24.3 Å². The zero-order valence-electron chi connectivity index (χ0n) is 10.9. The fourth-order valence-electron chi connectivity index (χ4n) is 1.67. The predicted octanol–water partition coefficient (Wildman–Crippen LogP) is 2.61. The summed E-state index contributed by atoms with van der Waals surface area (Å²) in [6, 6.07) is 6.43. The first-order chi connectivity index (χ1) is 8.40. The molecule has 4 heteroatoms. The molecular weight excluding hydrogens is 230 g/mol. The van der Waals surface area contributed by atoms with E-state index in [4.69, 9.17) is 5.11 Å². The molecule has 0 aliphatic heterocycles. The lowest BCUT2D eigenvalue weighted by atomic mass is 10.1. The minimum absolute atomic E-state index is 0.0137. The van der Waals surface area contributed by atoms with Crippen molar-refractivity contribution >= 4 is 11.9 Å². The lowest BCUT2D eigenvalue weighted by molar-refractivity contribution is -0.122. The highest BCUT2D eigenvalue weighted by Crippen LogP contribution is 2.14. The number of benzene rings is 1. The molecule has 0 heterocycles. The molecule has 98 valence electrons. The van der Waals surface area contributed by atoms with E-state index in [1.165, 1.54) is 0 Å².